The normalized spacial score (nSPS) is 32.4. The Labute approximate surface area is 100 Å². The summed E-state index contributed by atoms with van der Waals surface area (Å²) in [7, 11) is 3.26. The number of ether oxygens (including phenoxy) is 3. The molecule has 0 saturated carbocycles. The number of carboxylic acids is 1. The van der Waals surface area contributed by atoms with E-state index in [4.69, 9.17) is 19.3 Å². The van der Waals surface area contributed by atoms with Gasteiger partial charge in [-0.05, 0) is 12.8 Å². The molecule has 17 heavy (non-hydrogen) atoms. The number of hydrogen-bond acceptors (Lipinski definition) is 5. The zero-order valence-electron chi connectivity index (χ0n) is 10.2. The summed E-state index contributed by atoms with van der Waals surface area (Å²) in [6.45, 7) is 2.16. The predicted molar refractivity (Wildman–Crippen MR) is 58.7 cm³/mol. The Hall–Kier alpha value is -0.690. The Balaban J connectivity index is 1.73. The van der Waals surface area contributed by atoms with E-state index in [1.807, 2.05) is 0 Å². The first kappa shape index (κ1) is 12.8. The smallest absolute Gasteiger partial charge is 0.332 e. The van der Waals surface area contributed by atoms with Crippen molar-refractivity contribution in [3.05, 3.63) is 0 Å². The van der Waals surface area contributed by atoms with Crippen molar-refractivity contribution in [1.82, 2.24) is 4.90 Å². The molecule has 2 saturated heterocycles. The van der Waals surface area contributed by atoms with Crippen LogP contribution in [0.4, 0.5) is 0 Å². The van der Waals surface area contributed by atoms with Crippen molar-refractivity contribution in [2.75, 3.05) is 33.9 Å². The van der Waals surface area contributed by atoms with E-state index in [1.165, 1.54) is 0 Å². The molecule has 0 bridgehead atoms. The monoisotopic (exact) mass is 245 g/mol. The number of likely N-dealkylation sites (tertiary alicyclic amines) is 1. The van der Waals surface area contributed by atoms with Crippen molar-refractivity contribution in [2.24, 2.45) is 0 Å². The van der Waals surface area contributed by atoms with Gasteiger partial charge in [0.15, 0.2) is 11.9 Å². The van der Waals surface area contributed by atoms with E-state index in [2.05, 4.69) is 4.90 Å². The van der Waals surface area contributed by atoms with Gasteiger partial charge >= 0.3 is 5.97 Å². The molecule has 2 heterocycles. The van der Waals surface area contributed by atoms with Crippen LogP contribution in [-0.2, 0) is 19.0 Å². The summed E-state index contributed by atoms with van der Waals surface area (Å²) in [4.78, 5) is 12.9. The second-order valence-corrected chi connectivity index (χ2v) is 4.65. The SMILES string of the molecule is COC1(OC)CN(CC2CCC(C(=O)O)O2)C1. The summed E-state index contributed by atoms with van der Waals surface area (Å²) in [5.41, 5.74) is 0. The molecule has 0 amide bonds. The maximum Gasteiger partial charge on any atom is 0.332 e. The summed E-state index contributed by atoms with van der Waals surface area (Å²) >= 11 is 0. The molecular formula is C11H19NO5. The maximum atomic E-state index is 10.7. The van der Waals surface area contributed by atoms with Crippen molar-refractivity contribution in [3.8, 4) is 0 Å². The molecule has 2 fully saturated rings. The fourth-order valence-corrected chi connectivity index (χ4v) is 2.42. The Morgan fingerprint density at radius 2 is 2.06 bits per heavy atom. The number of hydrogen-bond donors (Lipinski definition) is 1. The van der Waals surface area contributed by atoms with E-state index >= 15 is 0 Å². The van der Waals surface area contributed by atoms with Gasteiger partial charge in [-0.15, -0.1) is 0 Å². The van der Waals surface area contributed by atoms with Gasteiger partial charge in [-0.3, -0.25) is 4.90 Å². The number of rotatable bonds is 5. The number of carboxylic acid groups (broad SMARTS) is 1. The van der Waals surface area contributed by atoms with Gasteiger partial charge in [0.1, 0.15) is 0 Å². The van der Waals surface area contributed by atoms with Crippen molar-refractivity contribution >= 4 is 5.97 Å². The molecule has 2 rings (SSSR count). The summed E-state index contributed by atoms with van der Waals surface area (Å²) < 4.78 is 16.0. The lowest BCUT2D eigenvalue weighted by Gasteiger charge is -2.48. The Kier molecular flexibility index (Phi) is 3.67. The van der Waals surface area contributed by atoms with Crippen LogP contribution in [0.5, 0.6) is 0 Å². The van der Waals surface area contributed by atoms with E-state index in [-0.39, 0.29) is 6.10 Å². The number of carbonyl (C=O) groups is 1. The van der Waals surface area contributed by atoms with Gasteiger partial charge in [0.2, 0.25) is 0 Å². The van der Waals surface area contributed by atoms with Crippen LogP contribution in [0.25, 0.3) is 0 Å². The fourth-order valence-electron chi connectivity index (χ4n) is 2.42. The van der Waals surface area contributed by atoms with Gasteiger partial charge in [-0.1, -0.05) is 0 Å². The Morgan fingerprint density at radius 3 is 2.53 bits per heavy atom. The van der Waals surface area contributed by atoms with Crippen LogP contribution in [-0.4, -0.2) is 67.8 Å². The first-order valence-corrected chi connectivity index (χ1v) is 5.79. The maximum absolute atomic E-state index is 10.7. The van der Waals surface area contributed by atoms with Gasteiger partial charge in [0, 0.05) is 20.8 Å². The molecule has 2 atom stereocenters. The van der Waals surface area contributed by atoms with Crippen LogP contribution in [0.3, 0.4) is 0 Å². The average molecular weight is 245 g/mol. The molecule has 2 aliphatic rings. The van der Waals surface area contributed by atoms with Crippen LogP contribution < -0.4 is 0 Å². The number of methoxy groups -OCH3 is 2. The highest BCUT2D eigenvalue weighted by molar-refractivity contribution is 5.72. The van der Waals surface area contributed by atoms with E-state index in [9.17, 15) is 4.79 Å². The van der Waals surface area contributed by atoms with Gasteiger partial charge in [0.25, 0.3) is 0 Å². The number of aliphatic carboxylic acids is 1. The van der Waals surface area contributed by atoms with Crippen LogP contribution in [0.1, 0.15) is 12.8 Å². The summed E-state index contributed by atoms with van der Waals surface area (Å²) in [6.07, 6.45) is 0.798. The second kappa shape index (κ2) is 4.89. The zero-order chi connectivity index (χ0) is 12.5. The molecule has 2 unspecified atom stereocenters. The molecule has 0 aliphatic carbocycles. The largest absolute Gasteiger partial charge is 0.479 e. The molecule has 0 radical (unpaired) electrons. The minimum Gasteiger partial charge on any atom is -0.479 e. The topological polar surface area (TPSA) is 68.2 Å². The summed E-state index contributed by atoms with van der Waals surface area (Å²) in [6, 6.07) is 0. The van der Waals surface area contributed by atoms with Crippen LogP contribution in [0.2, 0.25) is 0 Å². The summed E-state index contributed by atoms with van der Waals surface area (Å²) in [5, 5.41) is 8.82. The van der Waals surface area contributed by atoms with E-state index in [0.717, 1.165) is 13.0 Å². The molecule has 98 valence electrons. The highest BCUT2D eigenvalue weighted by atomic mass is 16.7. The van der Waals surface area contributed by atoms with Gasteiger partial charge in [0.05, 0.1) is 19.2 Å². The van der Waals surface area contributed by atoms with Gasteiger partial charge in [-0.2, -0.15) is 0 Å². The lowest BCUT2D eigenvalue weighted by molar-refractivity contribution is -0.278. The van der Waals surface area contributed by atoms with E-state index in [1.54, 1.807) is 14.2 Å². The highest BCUT2D eigenvalue weighted by Gasteiger charge is 2.45. The quantitative estimate of drug-likeness (QED) is 0.683. The molecule has 0 aromatic rings. The van der Waals surface area contributed by atoms with Crippen LogP contribution in [0.15, 0.2) is 0 Å². The van der Waals surface area contributed by atoms with Crippen molar-refractivity contribution < 1.29 is 24.1 Å². The zero-order valence-corrected chi connectivity index (χ0v) is 10.2. The molecule has 0 aromatic carbocycles. The van der Waals surface area contributed by atoms with Gasteiger partial charge in [-0.25, -0.2) is 4.79 Å². The highest BCUT2D eigenvalue weighted by Crippen LogP contribution is 2.28. The molecule has 0 spiro atoms. The standard InChI is InChI=1S/C11H19NO5/c1-15-11(16-2)6-12(7-11)5-8-3-4-9(17-8)10(13)14/h8-9H,3-7H2,1-2H3,(H,13,14). The first-order chi connectivity index (χ1) is 8.08. The van der Waals surface area contributed by atoms with Crippen molar-refractivity contribution in [3.63, 3.8) is 0 Å². The molecule has 6 nitrogen and oxygen atoms in total. The van der Waals surface area contributed by atoms with Crippen LogP contribution in [0, 0.1) is 0 Å². The number of nitrogens with zero attached hydrogens (tertiary/aromatic N) is 1. The molecular weight excluding hydrogens is 226 g/mol. The van der Waals surface area contributed by atoms with Crippen molar-refractivity contribution in [2.45, 2.75) is 30.8 Å². The lowest BCUT2D eigenvalue weighted by Crippen LogP contribution is -2.64. The second-order valence-electron chi connectivity index (χ2n) is 4.65. The first-order valence-electron chi connectivity index (χ1n) is 5.79. The predicted octanol–water partition coefficient (Wildman–Crippen LogP) is -0.0767. The third kappa shape index (κ3) is 2.60. The van der Waals surface area contributed by atoms with E-state index < -0.39 is 17.9 Å². The van der Waals surface area contributed by atoms with Gasteiger partial charge < -0.3 is 19.3 Å². The third-order valence-electron chi connectivity index (χ3n) is 3.52. The molecule has 2 aliphatic heterocycles. The average Bonchev–Trinajstić information content (AvgIpc) is 2.71. The molecule has 0 aromatic heterocycles. The Bertz CT molecular complexity index is 284. The van der Waals surface area contributed by atoms with Crippen molar-refractivity contribution in [1.29, 1.82) is 0 Å². The third-order valence-corrected chi connectivity index (χ3v) is 3.52. The minimum atomic E-state index is -0.862. The fraction of sp³-hybridized carbons (Fsp3) is 0.909. The van der Waals surface area contributed by atoms with E-state index in [0.29, 0.717) is 19.5 Å². The Morgan fingerprint density at radius 1 is 1.41 bits per heavy atom. The molecule has 1 N–H and O–H groups in total. The van der Waals surface area contributed by atoms with Crippen LogP contribution >= 0.6 is 0 Å². The lowest BCUT2D eigenvalue weighted by atomic mass is 10.1. The molecule has 6 heteroatoms. The summed E-state index contributed by atoms with van der Waals surface area (Å²) in [5.74, 6) is -1.34. The minimum absolute atomic E-state index is 0.0165.